The highest BCUT2D eigenvalue weighted by molar-refractivity contribution is 5.53. The summed E-state index contributed by atoms with van der Waals surface area (Å²) in [6.45, 7) is 0.602. The van der Waals surface area contributed by atoms with Gasteiger partial charge in [-0.2, -0.15) is 0 Å². The van der Waals surface area contributed by atoms with E-state index in [4.69, 9.17) is 4.74 Å². The Bertz CT molecular complexity index is 581. The van der Waals surface area contributed by atoms with Gasteiger partial charge in [-0.1, -0.05) is 42.5 Å². The highest BCUT2D eigenvalue weighted by Crippen LogP contribution is 2.35. The van der Waals surface area contributed by atoms with Crippen molar-refractivity contribution in [2.75, 3.05) is 0 Å². The molecule has 0 amide bonds. The Hall–Kier alpha value is -2.09. The minimum atomic E-state index is 0.282. The average molecular weight is 294 g/mol. The molecule has 2 aromatic rings. The van der Waals surface area contributed by atoms with Crippen molar-refractivity contribution in [2.24, 2.45) is 5.92 Å². The molecule has 0 aromatic heterocycles. The molecule has 0 aliphatic heterocycles. The molecule has 1 aliphatic rings. The molecule has 0 saturated heterocycles. The van der Waals surface area contributed by atoms with E-state index in [9.17, 15) is 4.79 Å². The van der Waals surface area contributed by atoms with Crippen LogP contribution in [0.15, 0.2) is 54.6 Å². The van der Waals surface area contributed by atoms with E-state index < -0.39 is 0 Å². The number of benzene rings is 2. The zero-order valence-electron chi connectivity index (χ0n) is 12.8. The van der Waals surface area contributed by atoms with Crippen LogP contribution in [0, 0.1) is 5.92 Å². The Morgan fingerprint density at radius 3 is 2.23 bits per heavy atom. The van der Waals surface area contributed by atoms with Crippen LogP contribution in [-0.4, -0.2) is 6.29 Å². The topological polar surface area (TPSA) is 26.3 Å². The lowest BCUT2D eigenvalue weighted by molar-refractivity contribution is -0.111. The van der Waals surface area contributed by atoms with Crippen LogP contribution in [0.3, 0.4) is 0 Å². The van der Waals surface area contributed by atoms with Crippen molar-refractivity contribution in [3.05, 3.63) is 65.7 Å². The van der Waals surface area contributed by atoms with Crippen LogP contribution in [0.1, 0.15) is 42.7 Å². The van der Waals surface area contributed by atoms with Crippen LogP contribution in [-0.2, 0) is 11.4 Å². The minimum Gasteiger partial charge on any atom is -0.489 e. The highest BCUT2D eigenvalue weighted by atomic mass is 16.5. The fourth-order valence-corrected chi connectivity index (χ4v) is 3.17. The number of carbonyl (C=O) groups is 1. The Balaban J connectivity index is 1.55. The smallest absolute Gasteiger partial charge is 0.123 e. The Labute approximate surface area is 132 Å². The number of rotatable bonds is 5. The fourth-order valence-electron chi connectivity index (χ4n) is 3.17. The van der Waals surface area contributed by atoms with Crippen molar-refractivity contribution < 1.29 is 9.53 Å². The van der Waals surface area contributed by atoms with E-state index in [1.165, 1.54) is 11.1 Å². The third-order valence-electron chi connectivity index (χ3n) is 4.56. The van der Waals surface area contributed by atoms with Crippen LogP contribution >= 0.6 is 0 Å². The Kier molecular flexibility index (Phi) is 4.89. The molecule has 2 nitrogen and oxygen atoms in total. The predicted octanol–water partition coefficient (Wildman–Crippen LogP) is 4.74. The SMILES string of the molecule is O=CC1CCC(c2ccc(OCc3ccccc3)cc2)CC1. The summed E-state index contributed by atoms with van der Waals surface area (Å²) in [6.07, 6.45) is 5.42. The number of hydrogen-bond donors (Lipinski definition) is 0. The molecule has 0 atom stereocenters. The van der Waals surface area contributed by atoms with Gasteiger partial charge in [0.2, 0.25) is 0 Å². The molecular weight excluding hydrogens is 272 g/mol. The summed E-state index contributed by atoms with van der Waals surface area (Å²) in [5.41, 5.74) is 2.55. The van der Waals surface area contributed by atoms with Gasteiger partial charge in [0.15, 0.2) is 0 Å². The highest BCUT2D eigenvalue weighted by Gasteiger charge is 2.21. The van der Waals surface area contributed by atoms with Gasteiger partial charge in [0.05, 0.1) is 0 Å². The number of ether oxygens (including phenoxy) is 1. The zero-order chi connectivity index (χ0) is 15.2. The molecule has 3 rings (SSSR count). The molecule has 0 bridgehead atoms. The van der Waals surface area contributed by atoms with Crippen molar-refractivity contribution in [1.29, 1.82) is 0 Å². The van der Waals surface area contributed by atoms with E-state index >= 15 is 0 Å². The largest absolute Gasteiger partial charge is 0.489 e. The molecule has 0 unspecified atom stereocenters. The lowest BCUT2D eigenvalue weighted by Crippen LogP contribution is -2.14. The van der Waals surface area contributed by atoms with Crippen LogP contribution in [0.25, 0.3) is 0 Å². The first-order valence-corrected chi connectivity index (χ1v) is 8.07. The van der Waals surface area contributed by atoms with Crippen LogP contribution in [0.5, 0.6) is 5.75 Å². The summed E-state index contributed by atoms with van der Waals surface area (Å²) in [5.74, 6) is 1.79. The van der Waals surface area contributed by atoms with Gasteiger partial charge in [-0.15, -0.1) is 0 Å². The van der Waals surface area contributed by atoms with Crippen molar-refractivity contribution in [3.8, 4) is 5.75 Å². The van der Waals surface area contributed by atoms with Gasteiger partial charge in [-0.05, 0) is 54.9 Å². The third-order valence-corrected chi connectivity index (χ3v) is 4.56. The van der Waals surface area contributed by atoms with Gasteiger partial charge in [-0.3, -0.25) is 0 Å². The van der Waals surface area contributed by atoms with E-state index in [0.717, 1.165) is 37.7 Å². The maximum atomic E-state index is 10.8. The lowest BCUT2D eigenvalue weighted by Gasteiger charge is -2.25. The van der Waals surface area contributed by atoms with Gasteiger partial charge in [0.1, 0.15) is 18.6 Å². The van der Waals surface area contributed by atoms with E-state index in [0.29, 0.717) is 12.5 Å². The molecule has 1 aliphatic carbocycles. The van der Waals surface area contributed by atoms with Crippen LogP contribution in [0.2, 0.25) is 0 Å². The van der Waals surface area contributed by atoms with E-state index in [-0.39, 0.29) is 5.92 Å². The van der Waals surface area contributed by atoms with E-state index in [1.54, 1.807) is 0 Å². The quantitative estimate of drug-likeness (QED) is 0.745. The molecule has 114 valence electrons. The second-order valence-corrected chi connectivity index (χ2v) is 6.09. The summed E-state index contributed by atoms with van der Waals surface area (Å²) in [4.78, 5) is 10.8. The normalized spacial score (nSPS) is 21.3. The molecule has 0 radical (unpaired) electrons. The van der Waals surface area contributed by atoms with Gasteiger partial charge < -0.3 is 9.53 Å². The Morgan fingerprint density at radius 1 is 0.909 bits per heavy atom. The van der Waals surface area contributed by atoms with Crippen molar-refractivity contribution in [3.63, 3.8) is 0 Å². The molecule has 0 N–H and O–H groups in total. The fraction of sp³-hybridized carbons (Fsp3) is 0.350. The summed E-state index contributed by atoms with van der Waals surface area (Å²) in [6, 6.07) is 18.7. The second kappa shape index (κ2) is 7.26. The molecule has 0 heterocycles. The third kappa shape index (κ3) is 3.76. The molecule has 1 saturated carbocycles. The van der Waals surface area contributed by atoms with Crippen molar-refractivity contribution in [2.45, 2.75) is 38.2 Å². The van der Waals surface area contributed by atoms with Gasteiger partial charge in [0, 0.05) is 5.92 Å². The monoisotopic (exact) mass is 294 g/mol. The summed E-state index contributed by atoms with van der Waals surface area (Å²) in [5, 5.41) is 0. The van der Waals surface area contributed by atoms with Crippen molar-refractivity contribution >= 4 is 6.29 Å². The zero-order valence-corrected chi connectivity index (χ0v) is 12.8. The second-order valence-electron chi connectivity index (χ2n) is 6.09. The van der Waals surface area contributed by atoms with E-state index in [1.807, 2.05) is 18.2 Å². The van der Waals surface area contributed by atoms with E-state index in [2.05, 4.69) is 36.4 Å². The summed E-state index contributed by atoms with van der Waals surface area (Å²) in [7, 11) is 0. The molecule has 22 heavy (non-hydrogen) atoms. The first kappa shape index (κ1) is 14.8. The summed E-state index contributed by atoms with van der Waals surface area (Å²) < 4.78 is 5.82. The van der Waals surface area contributed by atoms with Crippen LogP contribution in [0.4, 0.5) is 0 Å². The van der Waals surface area contributed by atoms with Gasteiger partial charge in [-0.25, -0.2) is 0 Å². The Morgan fingerprint density at radius 2 is 1.59 bits per heavy atom. The first-order chi connectivity index (χ1) is 10.8. The van der Waals surface area contributed by atoms with Crippen molar-refractivity contribution in [1.82, 2.24) is 0 Å². The number of aldehydes is 1. The molecular formula is C20H22O2. The summed E-state index contributed by atoms with van der Waals surface area (Å²) >= 11 is 0. The molecule has 0 spiro atoms. The molecule has 2 aromatic carbocycles. The maximum Gasteiger partial charge on any atom is 0.123 e. The number of hydrogen-bond acceptors (Lipinski definition) is 2. The first-order valence-electron chi connectivity index (χ1n) is 8.07. The molecule has 2 heteroatoms. The lowest BCUT2D eigenvalue weighted by atomic mass is 9.79. The standard InChI is InChI=1S/C20H22O2/c21-14-16-6-8-18(9-7-16)19-10-12-20(13-11-19)22-15-17-4-2-1-3-5-17/h1-5,10-14,16,18H,6-9,15H2. The maximum absolute atomic E-state index is 10.8. The molecule has 1 fully saturated rings. The van der Waals surface area contributed by atoms with Gasteiger partial charge >= 0.3 is 0 Å². The number of carbonyl (C=O) groups excluding carboxylic acids is 1. The van der Waals surface area contributed by atoms with Gasteiger partial charge in [0.25, 0.3) is 0 Å². The minimum absolute atomic E-state index is 0.282. The average Bonchev–Trinajstić information content (AvgIpc) is 2.61. The predicted molar refractivity (Wildman–Crippen MR) is 88.0 cm³/mol. The van der Waals surface area contributed by atoms with Crippen LogP contribution < -0.4 is 4.74 Å².